The molecule has 7 rings (SSSR count). The van der Waals surface area contributed by atoms with E-state index >= 15 is 0 Å². The van der Waals surface area contributed by atoms with E-state index < -0.39 is 5.92 Å². The molecule has 1 atom stereocenters. The maximum absolute atomic E-state index is 10.5. The molecule has 15 nitrogen and oxygen atoms in total. The molecule has 4 aromatic rings. The van der Waals surface area contributed by atoms with E-state index in [1.165, 1.54) is 7.11 Å². The molecule has 55 heavy (non-hydrogen) atoms. The summed E-state index contributed by atoms with van der Waals surface area (Å²) in [5.74, 6) is 3.98. The van der Waals surface area contributed by atoms with Gasteiger partial charge in [0, 0.05) is 62.8 Å². The largest absolute Gasteiger partial charge is 0.508 e. The van der Waals surface area contributed by atoms with Crippen LogP contribution in [0.4, 0.5) is 11.4 Å². The Bertz CT molecular complexity index is 2150. The number of phenols is 1. The number of nitriles is 3. The SMILES string of the molecule is CN(C)c1cccc(O)c1.COc1cc(C2C(C#N)=C(N)Oc3cc(N(C)C)ccc32)cc2c1OCO2.COc1cc(C=O)cc2c1OCO2.N#CCC#N. The second-order valence-corrected chi connectivity index (χ2v) is 12.0. The molecule has 0 aromatic heterocycles. The maximum atomic E-state index is 10.5. The lowest BCUT2D eigenvalue weighted by atomic mass is 9.83. The van der Waals surface area contributed by atoms with Gasteiger partial charge in [0.05, 0.1) is 32.3 Å². The van der Waals surface area contributed by atoms with Gasteiger partial charge in [0.15, 0.2) is 23.0 Å². The monoisotopic (exact) mass is 748 g/mol. The molecule has 3 aliphatic rings. The second kappa shape index (κ2) is 18.9. The van der Waals surface area contributed by atoms with E-state index in [1.807, 2.05) is 80.5 Å². The topological polar surface area (TPSA) is 206 Å². The smallest absolute Gasteiger partial charge is 0.231 e. The Kier molecular flexibility index (Phi) is 13.8. The van der Waals surface area contributed by atoms with Gasteiger partial charge in [-0.1, -0.05) is 12.1 Å². The van der Waals surface area contributed by atoms with Gasteiger partial charge in [-0.2, -0.15) is 15.8 Å². The molecule has 0 spiro atoms. The molecule has 284 valence electrons. The van der Waals surface area contributed by atoms with Crippen molar-refractivity contribution in [3.05, 3.63) is 94.9 Å². The van der Waals surface area contributed by atoms with Crippen LogP contribution < -0.4 is 48.7 Å². The van der Waals surface area contributed by atoms with Crippen molar-refractivity contribution >= 4 is 17.7 Å². The van der Waals surface area contributed by atoms with E-state index in [2.05, 4.69) is 6.07 Å². The number of hydrogen-bond donors (Lipinski definition) is 2. The number of carbonyl (C=O) groups is 1. The van der Waals surface area contributed by atoms with Crippen molar-refractivity contribution in [2.45, 2.75) is 12.3 Å². The highest BCUT2D eigenvalue weighted by Crippen LogP contribution is 2.49. The molecule has 0 fully saturated rings. The molecule has 15 heteroatoms. The Morgan fingerprint density at radius 2 is 1.40 bits per heavy atom. The summed E-state index contributed by atoms with van der Waals surface area (Å²) in [6, 6.07) is 25.4. The van der Waals surface area contributed by atoms with Gasteiger partial charge in [-0.15, -0.1) is 0 Å². The number of fused-ring (bicyclic) bond motifs is 3. The van der Waals surface area contributed by atoms with Crippen LogP contribution in [-0.4, -0.2) is 67.4 Å². The molecule has 3 aliphatic heterocycles. The van der Waals surface area contributed by atoms with Crippen LogP contribution in [0.15, 0.2) is 78.2 Å². The van der Waals surface area contributed by atoms with Crippen molar-refractivity contribution in [2.24, 2.45) is 5.73 Å². The minimum absolute atomic E-state index is 0. The van der Waals surface area contributed by atoms with E-state index in [9.17, 15) is 10.1 Å². The van der Waals surface area contributed by atoms with E-state index in [0.29, 0.717) is 57.1 Å². The first kappa shape index (κ1) is 40.3. The van der Waals surface area contributed by atoms with E-state index in [0.717, 1.165) is 28.8 Å². The van der Waals surface area contributed by atoms with Gasteiger partial charge in [-0.05, 0) is 48.0 Å². The second-order valence-electron chi connectivity index (χ2n) is 12.0. The van der Waals surface area contributed by atoms with Crippen molar-refractivity contribution in [1.29, 1.82) is 15.8 Å². The summed E-state index contributed by atoms with van der Waals surface area (Å²) in [7, 11) is 10.9. The third kappa shape index (κ3) is 9.71. The number of allylic oxidation sites excluding steroid dienone is 1. The highest BCUT2D eigenvalue weighted by Gasteiger charge is 2.33. The number of hydrogen-bond acceptors (Lipinski definition) is 15. The molecule has 0 amide bonds. The molecule has 0 aliphatic carbocycles. The number of phenolic OH excluding ortho intramolecular Hbond substituents is 1. The highest BCUT2D eigenvalue weighted by atomic mass is 16.7. The molecule has 3 heterocycles. The molecular formula is C40H40N6O9. The summed E-state index contributed by atoms with van der Waals surface area (Å²) in [5.41, 5.74) is 10.6. The van der Waals surface area contributed by atoms with Gasteiger partial charge >= 0.3 is 0 Å². The van der Waals surface area contributed by atoms with Crippen LogP contribution in [-0.2, 0) is 0 Å². The quantitative estimate of drug-likeness (QED) is 0.223. The first-order chi connectivity index (χ1) is 26.5. The van der Waals surface area contributed by atoms with Crippen LogP contribution in [0.1, 0.15) is 33.8 Å². The number of nitrogens with zero attached hydrogens (tertiary/aromatic N) is 5. The van der Waals surface area contributed by atoms with Gasteiger partial charge in [-0.25, -0.2) is 0 Å². The average molecular weight is 749 g/mol. The summed E-state index contributed by atoms with van der Waals surface area (Å²) in [6.07, 6.45) is 0.741. The summed E-state index contributed by atoms with van der Waals surface area (Å²) in [5, 5.41) is 33.9. The number of anilines is 2. The molecule has 0 saturated carbocycles. The number of aromatic hydroxyl groups is 1. The average Bonchev–Trinajstić information content (AvgIpc) is 3.87. The maximum Gasteiger partial charge on any atom is 0.231 e. The minimum atomic E-state index is -0.390. The Morgan fingerprint density at radius 1 is 0.800 bits per heavy atom. The standard InChI is InChI=1S/C20H19N3O4.C9H8O4.C8H11NO.C3H2N2/c1-23(2)12-4-5-13-15(8-12)27-20(22)14(9-21)18(13)11-6-16(24-3)19-17(7-11)25-10-26-19;1-11-7-2-6(4-10)3-8-9(7)13-5-12-8;1-9(2)7-4-3-5-8(10)6-7;4-2-1-3-5/h4-8,18H,10,22H2,1-3H3;2-4H,5H2,1H3;3-6,10H,1-2H3;1H2. The van der Waals surface area contributed by atoms with Gasteiger partial charge in [-0.3, -0.25) is 4.79 Å². The van der Waals surface area contributed by atoms with E-state index in [-0.39, 0.29) is 25.9 Å². The van der Waals surface area contributed by atoms with Crippen molar-refractivity contribution in [2.75, 3.05) is 65.8 Å². The van der Waals surface area contributed by atoms with E-state index in [4.69, 9.17) is 54.5 Å². The number of ether oxygens (including phenoxy) is 7. The van der Waals surface area contributed by atoms with Crippen LogP contribution in [0.3, 0.4) is 0 Å². The molecular weight excluding hydrogens is 708 g/mol. The molecule has 1 unspecified atom stereocenters. The zero-order valence-corrected chi connectivity index (χ0v) is 31.2. The summed E-state index contributed by atoms with van der Waals surface area (Å²) >= 11 is 0. The van der Waals surface area contributed by atoms with Crippen LogP contribution in [0.5, 0.6) is 46.0 Å². The molecule has 3 N–H and O–H groups in total. The lowest BCUT2D eigenvalue weighted by Crippen LogP contribution is -2.21. The zero-order valence-electron chi connectivity index (χ0n) is 31.2. The number of rotatable bonds is 6. The third-order valence-corrected chi connectivity index (χ3v) is 8.05. The van der Waals surface area contributed by atoms with Gasteiger partial charge < -0.3 is 53.8 Å². The fourth-order valence-electron chi connectivity index (χ4n) is 5.41. The van der Waals surface area contributed by atoms with Gasteiger partial charge in [0.25, 0.3) is 0 Å². The lowest BCUT2D eigenvalue weighted by Gasteiger charge is -2.28. The minimum Gasteiger partial charge on any atom is -0.508 e. The normalized spacial score (nSPS) is 13.5. The first-order valence-electron chi connectivity index (χ1n) is 16.5. The van der Waals surface area contributed by atoms with Crippen molar-refractivity contribution < 1.29 is 43.1 Å². The lowest BCUT2D eigenvalue weighted by molar-refractivity contribution is 0.112. The summed E-state index contributed by atoms with van der Waals surface area (Å²) < 4.78 is 37.5. The Hall–Kier alpha value is -7.44. The van der Waals surface area contributed by atoms with Crippen molar-refractivity contribution in [3.8, 4) is 64.2 Å². The van der Waals surface area contributed by atoms with Gasteiger partial charge in [0.1, 0.15) is 35.8 Å². The number of methoxy groups -OCH3 is 2. The first-order valence-corrected chi connectivity index (χ1v) is 16.5. The number of nitrogens with two attached hydrogens (primary N) is 1. The third-order valence-electron chi connectivity index (χ3n) is 8.05. The number of carbonyl (C=O) groups excluding carboxylic acids is 1. The molecule has 4 aromatic carbocycles. The molecule has 0 radical (unpaired) electrons. The Morgan fingerprint density at radius 3 is 1.91 bits per heavy atom. The van der Waals surface area contributed by atoms with Crippen LogP contribution in [0.25, 0.3) is 0 Å². The van der Waals surface area contributed by atoms with Crippen LogP contribution in [0, 0.1) is 34.0 Å². The fourth-order valence-corrected chi connectivity index (χ4v) is 5.41. The summed E-state index contributed by atoms with van der Waals surface area (Å²) in [4.78, 5) is 14.4. The van der Waals surface area contributed by atoms with Gasteiger partial charge in [0.2, 0.25) is 31.0 Å². The fraction of sp³-hybridized carbons (Fsp3) is 0.250. The zero-order chi connectivity index (χ0) is 40.1. The molecule has 0 bridgehead atoms. The number of benzene rings is 4. The number of aldehydes is 1. The van der Waals surface area contributed by atoms with E-state index in [1.54, 1.807) is 43.5 Å². The Balaban J connectivity index is 0.000000198. The van der Waals surface area contributed by atoms with Crippen molar-refractivity contribution in [3.63, 3.8) is 0 Å². The Labute approximate surface area is 319 Å². The summed E-state index contributed by atoms with van der Waals surface area (Å²) in [6.45, 7) is 0.308. The molecule has 0 saturated heterocycles. The van der Waals surface area contributed by atoms with Crippen molar-refractivity contribution in [1.82, 2.24) is 0 Å². The predicted octanol–water partition coefficient (Wildman–Crippen LogP) is 5.83. The highest BCUT2D eigenvalue weighted by molar-refractivity contribution is 5.78. The predicted molar refractivity (Wildman–Crippen MR) is 202 cm³/mol. The van der Waals surface area contributed by atoms with Crippen LogP contribution in [0.2, 0.25) is 0 Å². The van der Waals surface area contributed by atoms with Crippen LogP contribution >= 0.6 is 0 Å².